The molecule has 14 heavy (non-hydrogen) atoms. The number of ether oxygens (including phenoxy) is 1. The second-order valence-electron chi connectivity index (χ2n) is 2.77. The highest BCUT2D eigenvalue weighted by atomic mass is 35.5. The molecule has 0 atom stereocenters. The van der Waals surface area contributed by atoms with E-state index in [1.54, 1.807) is 17.8 Å². The molecule has 0 aromatic heterocycles. The first-order chi connectivity index (χ1) is 6.74. The average Bonchev–Trinajstić information content (AvgIpc) is 2.18. The molecule has 0 aliphatic rings. The van der Waals surface area contributed by atoms with E-state index in [4.69, 9.17) is 16.3 Å². The Kier molecular flexibility index (Phi) is 5.12. The fourth-order valence-electron chi connectivity index (χ4n) is 0.960. The van der Waals surface area contributed by atoms with E-state index < -0.39 is 5.82 Å². The Morgan fingerprint density at radius 3 is 2.93 bits per heavy atom. The molecule has 0 saturated heterocycles. The molecule has 0 aliphatic heterocycles. The van der Waals surface area contributed by atoms with Crippen LogP contribution in [0.25, 0.3) is 0 Å². The van der Waals surface area contributed by atoms with Crippen LogP contribution in [-0.2, 0) is 0 Å². The lowest BCUT2D eigenvalue weighted by Crippen LogP contribution is -1.98. The summed E-state index contributed by atoms with van der Waals surface area (Å²) in [6.45, 7) is 0.613. The van der Waals surface area contributed by atoms with E-state index >= 15 is 0 Å². The van der Waals surface area contributed by atoms with Crippen molar-refractivity contribution < 1.29 is 9.13 Å². The lowest BCUT2D eigenvalue weighted by molar-refractivity contribution is 0.317. The fraction of sp³-hybridized carbons (Fsp3) is 0.400. The summed E-state index contributed by atoms with van der Waals surface area (Å²) in [6, 6.07) is 4.48. The van der Waals surface area contributed by atoms with Crippen molar-refractivity contribution in [2.75, 3.05) is 18.6 Å². The summed E-state index contributed by atoms with van der Waals surface area (Å²) in [7, 11) is 0. The van der Waals surface area contributed by atoms with Crippen molar-refractivity contribution in [1.29, 1.82) is 0 Å². The topological polar surface area (TPSA) is 9.23 Å². The minimum atomic E-state index is -0.436. The quantitative estimate of drug-likeness (QED) is 0.720. The first-order valence-electron chi connectivity index (χ1n) is 4.31. The number of thioether (sulfide) groups is 1. The smallest absolute Gasteiger partial charge is 0.145 e. The minimum absolute atomic E-state index is 0.126. The maximum atomic E-state index is 12.9. The average molecular weight is 235 g/mol. The van der Waals surface area contributed by atoms with Gasteiger partial charge >= 0.3 is 0 Å². The molecule has 0 fully saturated rings. The van der Waals surface area contributed by atoms with E-state index in [0.717, 1.165) is 12.2 Å². The zero-order valence-electron chi connectivity index (χ0n) is 7.93. The maximum Gasteiger partial charge on any atom is 0.145 e. The van der Waals surface area contributed by atoms with Gasteiger partial charge in [0.05, 0.1) is 11.6 Å². The predicted molar refractivity (Wildman–Crippen MR) is 59.9 cm³/mol. The zero-order chi connectivity index (χ0) is 10.4. The number of halogens is 2. The summed E-state index contributed by atoms with van der Waals surface area (Å²) in [6.07, 6.45) is 3.01. The van der Waals surface area contributed by atoms with Gasteiger partial charge in [0.2, 0.25) is 0 Å². The lowest BCUT2D eigenvalue weighted by Gasteiger charge is -2.05. The summed E-state index contributed by atoms with van der Waals surface area (Å²) in [5.41, 5.74) is 0. The molecule has 1 aromatic carbocycles. The van der Waals surface area contributed by atoms with Crippen LogP contribution >= 0.6 is 23.4 Å². The van der Waals surface area contributed by atoms with Gasteiger partial charge in [-0.25, -0.2) is 4.39 Å². The van der Waals surface area contributed by atoms with Gasteiger partial charge in [0.1, 0.15) is 11.6 Å². The van der Waals surface area contributed by atoms with Gasteiger partial charge in [-0.1, -0.05) is 11.6 Å². The molecule has 78 valence electrons. The third kappa shape index (κ3) is 3.76. The van der Waals surface area contributed by atoms with Crippen molar-refractivity contribution in [1.82, 2.24) is 0 Å². The molecule has 0 unspecified atom stereocenters. The zero-order valence-corrected chi connectivity index (χ0v) is 9.50. The number of hydrogen-bond acceptors (Lipinski definition) is 2. The molecule has 0 bridgehead atoms. The molecule has 1 aromatic rings. The van der Waals surface area contributed by atoms with Gasteiger partial charge in [0.25, 0.3) is 0 Å². The van der Waals surface area contributed by atoms with Gasteiger partial charge in [0, 0.05) is 6.07 Å². The Bertz CT molecular complexity index is 293. The van der Waals surface area contributed by atoms with Crippen molar-refractivity contribution in [3.8, 4) is 5.75 Å². The third-order valence-electron chi connectivity index (χ3n) is 1.65. The summed E-state index contributed by atoms with van der Waals surface area (Å²) in [5, 5.41) is 0.126. The van der Waals surface area contributed by atoms with E-state index in [1.165, 1.54) is 12.1 Å². The molecular weight excluding hydrogens is 223 g/mol. The van der Waals surface area contributed by atoms with Crippen molar-refractivity contribution in [3.63, 3.8) is 0 Å². The van der Waals surface area contributed by atoms with Crippen LogP contribution in [0.15, 0.2) is 18.2 Å². The second-order valence-corrected chi connectivity index (χ2v) is 4.16. The molecule has 0 amide bonds. The number of benzene rings is 1. The van der Waals surface area contributed by atoms with Crippen molar-refractivity contribution in [2.24, 2.45) is 0 Å². The molecular formula is C10H12ClFOS. The van der Waals surface area contributed by atoms with Crippen LogP contribution in [0.3, 0.4) is 0 Å². The van der Waals surface area contributed by atoms with E-state index in [0.29, 0.717) is 12.4 Å². The number of hydrogen-bond donors (Lipinski definition) is 0. The Morgan fingerprint density at radius 1 is 1.50 bits per heavy atom. The van der Waals surface area contributed by atoms with Crippen molar-refractivity contribution in [2.45, 2.75) is 6.42 Å². The lowest BCUT2D eigenvalue weighted by atomic mass is 10.3. The summed E-state index contributed by atoms with van der Waals surface area (Å²) in [4.78, 5) is 0. The van der Waals surface area contributed by atoms with Gasteiger partial charge in [-0.15, -0.1) is 0 Å². The third-order valence-corrected chi connectivity index (χ3v) is 2.66. The van der Waals surface area contributed by atoms with Gasteiger partial charge in [-0.05, 0) is 30.6 Å². The predicted octanol–water partition coefficient (Wildman–Crippen LogP) is 3.61. The highest BCUT2D eigenvalue weighted by molar-refractivity contribution is 7.98. The molecule has 1 rings (SSSR count). The second kappa shape index (κ2) is 6.14. The van der Waals surface area contributed by atoms with Crippen LogP contribution in [0, 0.1) is 5.82 Å². The van der Waals surface area contributed by atoms with Gasteiger partial charge in [-0.2, -0.15) is 11.8 Å². The van der Waals surface area contributed by atoms with E-state index in [-0.39, 0.29) is 5.02 Å². The minimum Gasteiger partial charge on any atom is -0.493 e. The van der Waals surface area contributed by atoms with Gasteiger partial charge < -0.3 is 4.74 Å². The molecule has 0 heterocycles. The van der Waals surface area contributed by atoms with Gasteiger partial charge in [0.15, 0.2) is 0 Å². The molecule has 0 spiro atoms. The highest BCUT2D eigenvalue weighted by Crippen LogP contribution is 2.20. The normalized spacial score (nSPS) is 10.2. The molecule has 0 aliphatic carbocycles. The van der Waals surface area contributed by atoms with Crippen LogP contribution < -0.4 is 4.74 Å². The largest absolute Gasteiger partial charge is 0.493 e. The molecule has 4 heteroatoms. The Morgan fingerprint density at radius 2 is 2.29 bits per heavy atom. The van der Waals surface area contributed by atoms with Gasteiger partial charge in [-0.3, -0.25) is 0 Å². The molecule has 0 saturated carbocycles. The first-order valence-corrected chi connectivity index (χ1v) is 6.08. The molecule has 0 radical (unpaired) electrons. The Hall–Kier alpha value is -0.410. The first kappa shape index (κ1) is 11.7. The Labute approximate surface area is 92.6 Å². The number of rotatable bonds is 5. The maximum absolute atomic E-state index is 12.9. The monoisotopic (exact) mass is 234 g/mol. The van der Waals surface area contributed by atoms with E-state index in [2.05, 4.69) is 0 Å². The molecule has 1 nitrogen and oxygen atoms in total. The SMILES string of the molecule is CSCCCOc1ccc(Cl)c(F)c1. The van der Waals surface area contributed by atoms with E-state index in [1.807, 2.05) is 6.26 Å². The van der Waals surface area contributed by atoms with Crippen LogP contribution in [0.2, 0.25) is 5.02 Å². The summed E-state index contributed by atoms with van der Waals surface area (Å²) < 4.78 is 18.3. The molecule has 0 N–H and O–H groups in total. The van der Waals surface area contributed by atoms with Crippen molar-refractivity contribution in [3.05, 3.63) is 29.0 Å². The fourth-order valence-corrected chi connectivity index (χ4v) is 1.48. The van der Waals surface area contributed by atoms with E-state index in [9.17, 15) is 4.39 Å². The van der Waals surface area contributed by atoms with Crippen LogP contribution in [0.5, 0.6) is 5.75 Å². The highest BCUT2D eigenvalue weighted by Gasteiger charge is 2.01. The summed E-state index contributed by atoms with van der Waals surface area (Å²) in [5.74, 6) is 1.15. The van der Waals surface area contributed by atoms with Crippen LogP contribution in [0.1, 0.15) is 6.42 Å². The van der Waals surface area contributed by atoms with Crippen LogP contribution in [0.4, 0.5) is 4.39 Å². The Balaban J connectivity index is 2.39. The standard InChI is InChI=1S/C10H12ClFOS/c1-14-6-2-5-13-8-3-4-9(11)10(12)7-8/h3-4,7H,2,5-6H2,1H3. The van der Waals surface area contributed by atoms with Crippen LogP contribution in [-0.4, -0.2) is 18.6 Å². The van der Waals surface area contributed by atoms with Crippen molar-refractivity contribution >= 4 is 23.4 Å². The summed E-state index contributed by atoms with van der Waals surface area (Å²) >= 11 is 7.30.